The van der Waals surface area contributed by atoms with Crippen LogP contribution in [-0.2, 0) is 6.18 Å². The van der Waals surface area contributed by atoms with Crippen LogP contribution in [0.1, 0.15) is 15.9 Å². The lowest BCUT2D eigenvalue weighted by atomic mass is 10.1. The fourth-order valence-electron chi connectivity index (χ4n) is 2.61. The average molecular weight is 404 g/mol. The summed E-state index contributed by atoms with van der Waals surface area (Å²) >= 11 is 0. The lowest BCUT2D eigenvalue weighted by Crippen LogP contribution is -2.12. The minimum atomic E-state index is -4.47. The van der Waals surface area contributed by atoms with Crippen molar-refractivity contribution in [3.63, 3.8) is 0 Å². The highest BCUT2D eigenvalue weighted by molar-refractivity contribution is 6.05. The Bertz CT molecular complexity index is 1020. The van der Waals surface area contributed by atoms with Crippen molar-refractivity contribution in [3.8, 4) is 5.75 Å². The van der Waals surface area contributed by atoms with Gasteiger partial charge in [0.25, 0.3) is 5.91 Å². The molecule has 3 rings (SSSR count). The number of nitrogens with one attached hydrogen (secondary N) is 2. The molecule has 0 aliphatic carbocycles. The molecule has 8 heteroatoms. The highest BCUT2D eigenvalue weighted by Crippen LogP contribution is 2.33. The number of rotatable bonds is 5. The molecule has 0 fully saturated rings. The smallest absolute Gasteiger partial charge is 0.416 e. The molecule has 0 bridgehead atoms. The molecule has 0 aromatic heterocycles. The van der Waals surface area contributed by atoms with E-state index in [0.717, 1.165) is 12.1 Å². The molecule has 0 atom stereocenters. The van der Waals surface area contributed by atoms with Crippen LogP contribution in [0.2, 0.25) is 0 Å². The minimum absolute atomic E-state index is 0.189. The lowest BCUT2D eigenvalue weighted by Gasteiger charge is -2.14. The number of benzene rings is 3. The van der Waals surface area contributed by atoms with E-state index in [2.05, 4.69) is 10.6 Å². The summed E-state index contributed by atoms with van der Waals surface area (Å²) in [6.45, 7) is 0. The van der Waals surface area contributed by atoms with Gasteiger partial charge in [-0.3, -0.25) is 4.79 Å². The number of ether oxygens (including phenoxy) is 1. The summed E-state index contributed by atoms with van der Waals surface area (Å²) < 4.78 is 57.0. The fourth-order valence-corrected chi connectivity index (χ4v) is 2.61. The molecule has 0 aliphatic heterocycles. The van der Waals surface area contributed by atoms with Crippen LogP contribution in [0.5, 0.6) is 5.75 Å². The Morgan fingerprint density at radius 3 is 2.31 bits per heavy atom. The van der Waals surface area contributed by atoms with Crippen LogP contribution in [0.15, 0.2) is 66.7 Å². The highest BCUT2D eigenvalue weighted by atomic mass is 19.4. The van der Waals surface area contributed by atoms with Crippen molar-refractivity contribution in [1.82, 2.24) is 0 Å². The second-order valence-corrected chi connectivity index (χ2v) is 6.08. The van der Waals surface area contributed by atoms with Crippen LogP contribution in [0, 0.1) is 5.82 Å². The largest absolute Gasteiger partial charge is 0.495 e. The third kappa shape index (κ3) is 5.04. The summed E-state index contributed by atoms with van der Waals surface area (Å²) in [6, 6.07) is 14.4. The molecule has 1 amide bonds. The minimum Gasteiger partial charge on any atom is -0.495 e. The van der Waals surface area contributed by atoms with E-state index in [-0.39, 0.29) is 11.3 Å². The molecular weight excluding hydrogens is 388 g/mol. The van der Waals surface area contributed by atoms with E-state index in [9.17, 15) is 22.4 Å². The molecule has 0 saturated heterocycles. The Balaban J connectivity index is 1.85. The second kappa shape index (κ2) is 8.22. The number of anilines is 3. The maximum Gasteiger partial charge on any atom is 0.416 e. The molecule has 4 nitrogen and oxygen atoms in total. The van der Waals surface area contributed by atoms with Gasteiger partial charge in [-0.1, -0.05) is 6.07 Å². The molecule has 29 heavy (non-hydrogen) atoms. The molecule has 3 aromatic rings. The summed E-state index contributed by atoms with van der Waals surface area (Å²) in [5.74, 6) is -0.549. The van der Waals surface area contributed by atoms with Gasteiger partial charge in [-0.15, -0.1) is 0 Å². The summed E-state index contributed by atoms with van der Waals surface area (Å²) in [7, 11) is 1.41. The van der Waals surface area contributed by atoms with E-state index < -0.39 is 23.5 Å². The highest BCUT2D eigenvalue weighted by Gasteiger charge is 2.30. The molecule has 3 aromatic carbocycles. The zero-order valence-corrected chi connectivity index (χ0v) is 15.2. The van der Waals surface area contributed by atoms with Crippen molar-refractivity contribution in [2.45, 2.75) is 6.18 Å². The molecule has 0 aliphatic rings. The first-order chi connectivity index (χ1) is 13.8. The number of amides is 1. The van der Waals surface area contributed by atoms with Gasteiger partial charge >= 0.3 is 6.18 Å². The average Bonchev–Trinajstić information content (AvgIpc) is 2.69. The second-order valence-electron chi connectivity index (χ2n) is 6.08. The Morgan fingerprint density at radius 1 is 0.931 bits per heavy atom. The van der Waals surface area contributed by atoms with E-state index >= 15 is 0 Å². The first-order valence-electron chi connectivity index (χ1n) is 8.45. The third-order valence-corrected chi connectivity index (χ3v) is 4.03. The van der Waals surface area contributed by atoms with Crippen LogP contribution in [0.3, 0.4) is 0 Å². The molecule has 0 heterocycles. The number of methoxy groups -OCH3 is 1. The van der Waals surface area contributed by atoms with Crippen LogP contribution in [0.4, 0.5) is 34.6 Å². The number of alkyl halides is 3. The van der Waals surface area contributed by atoms with Gasteiger partial charge in [0.05, 0.1) is 18.4 Å². The predicted molar refractivity (Wildman–Crippen MR) is 102 cm³/mol. The van der Waals surface area contributed by atoms with E-state index in [0.29, 0.717) is 17.1 Å². The van der Waals surface area contributed by atoms with Crippen LogP contribution in [0.25, 0.3) is 0 Å². The summed E-state index contributed by atoms with van der Waals surface area (Å²) in [5.41, 5.74) is 0.351. The number of hydrogen-bond donors (Lipinski definition) is 2. The van der Waals surface area contributed by atoms with Crippen molar-refractivity contribution in [2.24, 2.45) is 0 Å². The third-order valence-electron chi connectivity index (χ3n) is 4.03. The summed E-state index contributed by atoms with van der Waals surface area (Å²) in [5, 5.41) is 5.47. The van der Waals surface area contributed by atoms with Gasteiger partial charge in [0.15, 0.2) is 0 Å². The number of hydrogen-bond acceptors (Lipinski definition) is 3. The van der Waals surface area contributed by atoms with Crippen LogP contribution >= 0.6 is 0 Å². The first kappa shape index (κ1) is 20.2. The van der Waals surface area contributed by atoms with E-state index in [4.69, 9.17) is 4.74 Å². The zero-order valence-electron chi connectivity index (χ0n) is 15.2. The van der Waals surface area contributed by atoms with Crippen molar-refractivity contribution in [1.29, 1.82) is 0 Å². The summed E-state index contributed by atoms with van der Waals surface area (Å²) in [6.07, 6.45) is -4.47. The van der Waals surface area contributed by atoms with Gasteiger partial charge in [0.2, 0.25) is 0 Å². The van der Waals surface area contributed by atoms with Gasteiger partial charge < -0.3 is 15.4 Å². The van der Waals surface area contributed by atoms with Crippen molar-refractivity contribution in [2.75, 3.05) is 17.7 Å². The van der Waals surface area contributed by atoms with Gasteiger partial charge in [-0.25, -0.2) is 4.39 Å². The van der Waals surface area contributed by atoms with E-state index in [1.54, 1.807) is 0 Å². The lowest BCUT2D eigenvalue weighted by molar-refractivity contribution is -0.137. The first-order valence-corrected chi connectivity index (χ1v) is 8.45. The van der Waals surface area contributed by atoms with Gasteiger partial charge in [0, 0.05) is 16.9 Å². The van der Waals surface area contributed by atoms with E-state index in [1.165, 1.54) is 61.7 Å². The Hall–Kier alpha value is -3.55. The SMILES string of the molecule is COc1ccc(C(=O)Nc2ccc(F)cc2)cc1Nc1cccc(C(F)(F)F)c1. The summed E-state index contributed by atoms with van der Waals surface area (Å²) in [4.78, 5) is 12.5. The molecule has 2 N–H and O–H groups in total. The van der Waals surface area contributed by atoms with Crippen LogP contribution < -0.4 is 15.4 Å². The molecule has 0 saturated carbocycles. The standard InChI is InChI=1S/C21H16F4N2O2/c1-29-19-10-5-13(20(28)27-16-8-6-15(22)7-9-16)11-18(19)26-17-4-2-3-14(12-17)21(23,24)25/h2-12,26H,1H3,(H,27,28). The number of halogens is 4. The molecule has 0 spiro atoms. The van der Waals surface area contributed by atoms with Crippen molar-refractivity contribution in [3.05, 3.63) is 83.7 Å². The molecule has 150 valence electrons. The monoisotopic (exact) mass is 404 g/mol. The number of carbonyl (C=O) groups excluding carboxylic acids is 1. The van der Waals surface area contributed by atoms with Gasteiger partial charge in [0.1, 0.15) is 11.6 Å². The Kier molecular flexibility index (Phi) is 5.72. The Morgan fingerprint density at radius 2 is 1.66 bits per heavy atom. The van der Waals surface area contributed by atoms with Crippen LogP contribution in [-0.4, -0.2) is 13.0 Å². The predicted octanol–water partition coefficient (Wildman–Crippen LogP) is 5.85. The van der Waals surface area contributed by atoms with E-state index in [1.807, 2.05) is 0 Å². The Labute approximate surface area is 164 Å². The van der Waals surface area contributed by atoms with Gasteiger partial charge in [-0.05, 0) is 60.7 Å². The normalized spacial score (nSPS) is 11.1. The number of carbonyl (C=O) groups is 1. The quantitative estimate of drug-likeness (QED) is 0.525. The van der Waals surface area contributed by atoms with Crippen molar-refractivity contribution >= 4 is 23.0 Å². The maximum atomic E-state index is 13.0. The molecule has 0 radical (unpaired) electrons. The molecule has 0 unspecified atom stereocenters. The molecular formula is C21H16F4N2O2. The van der Waals surface area contributed by atoms with Crippen molar-refractivity contribution < 1.29 is 27.1 Å². The maximum absolute atomic E-state index is 13.0. The fraction of sp³-hybridized carbons (Fsp3) is 0.0952. The zero-order chi connectivity index (χ0) is 21.0. The topological polar surface area (TPSA) is 50.4 Å². The van der Waals surface area contributed by atoms with Gasteiger partial charge in [-0.2, -0.15) is 13.2 Å².